The summed E-state index contributed by atoms with van der Waals surface area (Å²) < 4.78 is 12.9. The van der Waals surface area contributed by atoms with Gasteiger partial charge in [-0.2, -0.15) is 0 Å². The summed E-state index contributed by atoms with van der Waals surface area (Å²) in [5, 5.41) is 4.03. The summed E-state index contributed by atoms with van der Waals surface area (Å²) in [4.78, 5) is 0. The van der Waals surface area contributed by atoms with Crippen molar-refractivity contribution in [1.82, 2.24) is 0 Å². The first-order valence-electron chi connectivity index (χ1n) is 9.18. The molecule has 28 heavy (non-hydrogen) atoms. The molecule has 0 aliphatic rings. The molecule has 0 spiro atoms. The lowest BCUT2D eigenvalue weighted by molar-refractivity contribution is 0.268. The van der Waals surface area contributed by atoms with Gasteiger partial charge in [0.2, 0.25) is 0 Å². The lowest BCUT2D eigenvalue weighted by atomic mass is 10.1. The van der Waals surface area contributed by atoms with E-state index in [-0.39, 0.29) is 0 Å². The zero-order chi connectivity index (χ0) is 19.9. The number of halogens is 2. The van der Waals surface area contributed by atoms with Crippen molar-refractivity contribution in [1.29, 1.82) is 0 Å². The summed E-state index contributed by atoms with van der Waals surface area (Å²) in [6.45, 7) is 5.66. The number of anilines is 1. The predicted molar refractivity (Wildman–Crippen MR) is 120 cm³/mol. The second-order valence-corrected chi connectivity index (χ2v) is 7.72. The molecule has 3 nitrogen and oxygen atoms in total. The van der Waals surface area contributed by atoms with E-state index < -0.39 is 0 Å². The van der Waals surface area contributed by atoms with E-state index in [1.165, 1.54) is 5.56 Å². The highest BCUT2D eigenvalue weighted by Crippen LogP contribution is 2.35. The van der Waals surface area contributed by atoms with Crippen LogP contribution in [-0.4, -0.2) is 6.61 Å². The highest BCUT2D eigenvalue weighted by atomic mass is 79.9. The number of benzene rings is 3. The van der Waals surface area contributed by atoms with Crippen LogP contribution in [0.2, 0.25) is 5.02 Å². The molecule has 0 fully saturated rings. The van der Waals surface area contributed by atoms with Gasteiger partial charge in [-0.15, -0.1) is 0 Å². The second kappa shape index (κ2) is 9.85. The minimum Gasteiger partial charge on any atom is -0.490 e. The third kappa shape index (κ3) is 5.43. The zero-order valence-corrected chi connectivity index (χ0v) is 18.3. The van der Waals surface area contributed by atoms with Gasteiger partial charge in [0.1, 0.15) is 6.61 Å². The molecule has 3 rings (SSSR count). The largest absolute Gasteiger partial charge is 0.490 e. The quantitative estimate of drug-likeness (QED) is 0.392. The van der Waals surface area contributed by atoms with Crippen LogP contribution in [0.3, 0.4) is 0 Å². The maximum atomic E-state index is 6.52. The fourth-order valence-electron chi connectivity index (χ4n) is 2.79. The van der Waals surface area contributed by atoms with Gasteiger partial charge >= 0.3 is 0 Å². The number of ether oxygens (including phenoxy) is 2. The Hall–Kier alpha value is -2.17. The average molecular weight is 461 g/mol. The fraction of sp³-hybridized carbons (Fsp3) is 0.217. The van der Waals surface area contributed by atoms with Gasteiger partial charge in [0, 0.05) is 27.8 Å². The van der Waals surface area contributed by atoms with Crippen LogP contribution in [0, 0.1) is 6.92 Å². The lowest BCUT2D eigenvalue weighted by Gasteiger charge is -2.16. The number of nitrogens with one attached hydrogen (secondary N) is 1. The second-order valence-electron chi connectivity index (χ2n) is 6.40. The number of aryl methyl sites for hydroxylation is 1. The molecule has 1 N–H and O–H groups in total. The molecule has 146 valence electrons. The average Bonchev–Trinajstić information content (AvgIpc) is 2.69. The molecule has 3 aromatic rings. The molecule has 3 aromatic carbocycles. The molecule has 0 amide bonds. The first-order chi connectivity index (χ1) is 13.6. The topological polar surface area (TPSA) is 30.5 Å². The zero-order valence-electron chi connectivity index (χ0n) is 16.0. The molecule has 0 atom stereocenters. The highest BCUT2D eigenvalue weighted by Gasteiger charge is 2.12. The highest BCUT2D eigenvalue weighted by molar-refractivity contribution is 9.10. The van der Waals surface area contributed by atoms with Crippen LogP contribution in [0.15, 0.2) is 65.1 Å². The van der Waals surface area contributed by atoms with Gasteiger partial charge in [-0.1, -0.05) is 51.8 Å². The Morgan fingerprint density at radius 2 is 1.64 bits per heavy atom. The molecular formula is C23H23BrClNO2. The fourth-order valence-corrected chi connectivity index (χ4v) is 3.27. The molecule has 0 bridgehead atoms. The maximum absolute atomic E-state index is 6.52. The van der Waals surface area contributed by atoms with Gasteiger partial charge in [0.15, 0.2) is 11.5 Å². The smallest absolute Gasteiger partial charge is 0.163 e. The van der Waals surface area contributed by atoms with E-state index in [0.29, 0.717) is 36.3 Å². The number of rotatable bonds is 8. The van der Waals surface area contributed by atoms with Crippen LogP contribution in [0.5, 0.6) is 11.5 Å². The van der Waals surface area contributed by atoms with E-state index in [0.717, 1.165) is 21.3 Å². The van der Waals surface area contributed by atoms with Crippen molar-refractivity contribution in [3.63, 3.8) is 0 Å². The van der Waals surface area contributed by atoms with Crippen molar-refractivity contribution < 1.29 is 9.47 Å². The molecule has 0 aromatic heterocycles. The SMILES string of the molecule is CCOc1cc(CNc2ccc(Br)cc2)c(Cl)cc1OCc1ccccc1C. The van der Waals surface area contributed by atoms with E-state index in [4.69, 9.17) is 21.1 Å². The van der Waals surface area contributed by atoms with Crippen LogP contribution in [0.4, 0.5) is 5.69 Å². The Morgan fingerprint density at radius 3 is 2.36 bits per heavy atom. The van der Waals surface area contributed by atoms with Crippen LogP contribution in [0.25, 0.3) is 0 Å². The summed E-state index contributed by atoms with van der Waals surface area (Å²) in [5.74, 6) is 1.36. The Labute approximate surface area is 179 Å². The van der Waals surface area contributed by atoms with Crippen molar-refractivity contribution in [3.8, 4) is 11.5 Å². The van der Waals surface area contributed by atoms with Crippen molar-refractivity contribution in [2.75, 3.05) is 11.9 Å². The molecule has 0 aliphatic heterocycles. The summed E-state index contributed by atoms with van der Waals surface area (Å²) in [6, 6.07) is 20.0. The Bertz CT molecular complexity index is 928. The normalized spacial score (nSPS) is 10.6. The minimum atomic E-state index is 0.472. The molecule has 0 saturated heterocycles. The van der Waals surface area contributed by atoms with Crippen molar-refractivity contribution in [2.45, 2.75) is 27.0 Å². The molecule has 0 heterocycles. The minimum absolute atomic E-state index is 0.472. The van der Waals surface area contributed by atoms with Crippen molar-refractivity contribution in [3.05, 3.63) is 86.8 Å². The van der Waals surface area contributed by atoms with Gasteiger partial charge in [0.05, 0.1) is 6.61 Å². The van der Waals surface area contributed by atoms with Crippen molar-refractivity contribution >= 4 is 33.2 Å². The first kappa shape index (κ1) is 20.6. The third-order valence-corrected chi connectivity index (χ3v) is 5.26. The monoisotopic (exact) mass is 459 g/mol. The Kier molecular flexibility index (Phi) is 7.24. The van der Waals surface area contributed by atoms with Gasteiger partial charge in [-0.3, -0.25) is 0 Å². The summed E-state index contributed by atoms with van der Waals surface area (Å²) in [6.07, 6.45) is 0. The Morgan fingerprint density at radius 1 is 0.929 bits per heavy atom. The van der Waals surface area contributed by atoms with E-state index in [1.54, 1.807) is 0 Å². The van der Waals surface area contributed by atoms with Gasteiger partial charge in [-0.25, -0.2) is 0 Å². The standard InChI is InChI=1S/C23H23BrClNO2/c1-3-27-22-12-18(14-26-20-10-8-19(24)9-11-20)21(25)13-23(22)28-15-17-7-5-4-6-16(17)2/h4-13,26H,3,14-15H2,1-2H3. The van der Waals surface area contributed by atoms with E-state index in [9.17, 15) is 0 Å². The summed E-state index contributed by atoms with van der Waals surface area (Å²) >= 11 is 9.97. The van der Waals surface area contributed by atoms with Gasteiger partial charge < -0.3 is 14.8 Å². The first-order valence-corrected chi connectivity index (χ1v) is 10.4. The van der Waals surface area contributed by atoms with E-state index >= 15 is 0 Å². The lowest BCUT2D eigenvalue weighted by Crippen LogP contribution is -2.04. The van der Waals surface area contributed by atoms with Crippen LogP contribution >= 0.6 is 27.5 Å². The molecule has 5 heteroatoms. The number of hydrogen-bond acceptors (Lipinski definition) is 3. The van der Waals surface area contributed by atoms with Crippen LogP contribution in [-0.2, 0) is 13.2 Å². The third-order valence-electron chi connectivity index (χ3n) is 4.38. The summed E-state index contributed by atoms with van der Waals surface area (Å²) in [7, 11) is 0. The number of hydrogen-bond donors (Lipinski definition) is 1. The molecular weight excluding hydrogens is 438 g/mol. The van der Waals surface area contributed by atoms with Crippen molar-refractivity contribution in [2.24, 2.45) is 0 Å². The molecule has 0 saturated carbocycles. The molecule has 0 radical (unpaired) electrons. The maximum Gasteiger partial charge on any atom is 0.163 e. The predicted octanol–water partition coefficient (Wildman–Crippen LogP) is 7.00. The molecule has 0 aliphatic carbocycles. The van der Waals surface area contributed by atoms with E-state index in [1.807, 2.05) is 55.5 Å². The Balaban J connectivity index is 1.75. The molecule has 0 unspecified atom stereocenters. The van der Waals surface area contributed by atoms with Gasteiger partial charge in [0.25, 0.3) is 0 Å². The summed E-state index contributed by atoms with van der Waals surface area (Å²) in [5.41, 5.74) is 4.32. The van der Waals surface area contributed by atoms with E-state index in [2.05, 4.69) is 40.3 Å². The van der Waals surface area contributed by atoms with Gasteiger partial charge in [-0.05, 0) is 60.9 Å². The van der Waals surface area contributed by atoms with Crippen LogP contribution < -0.4 is 14.8 Å². The van der Waals surface area contributed by atoms with Crippen LogP contribution in [0.1, 0.15) is 23.6 Å².